The standard InChI is InChI=1S/C22H21BrF3N3O5S/c23-17-5-7-18(8-6-17)29(21(32)28-9-11-35(33,34)12-10-28)14-15-1-3-16(4-2-15)19(30)13-27-20(31)22(24,25)26/h1-8H,9-14H2,(H,27,31). The molecule has 0 radical (unpaired) electrons. The lowest BCUT2D eigenvalue weighted by Gasteiger charge is -2.33. The number of nitrogens with zero attached hydrogens (tertiary/aromatic N) is 2. The Labute approximate surface area is 208 Å². The maximum Gasteiger partial charge on any atom is 0.471 e. The second-order valence-corrected chi connectivity index (χ2v) is 11.0. The lowest BCUT2D eigenvalue weighted by atomic mass is 10.1. The minimum absolute atomic E-state index is 0.0747. The summed E-state index contributed by atoms with van der Waals surface area (Å²) in [5.41, 5.74) is 1.29. The second-order valence-electron chi connectivity index (χ2n) is 7.78. The van der Waals surface area contributed by atoms with Gasteiger partial charge in [-0.2, -0.15) is 13.2 Å². The molecule has 3 rings (SSSR count). The van der Waals surface area contributed by atoms with Gasteiger partial charge in [0.1, 0.15) is 0 Å². The molecular formula is C22H21BrF3N3O5S. The number of ketones is 1. The molecule has 1 N–H and O–H groups in total. The van der Waals surface area contributed by atoms with Crippen LogP contribution in [0.4, 0.5) is 23.7 Å². The number of hydrogen-bond acceptors (Lipinski definition) is 5. The van der Waals surface area contributed by atoms with Crippen LogP contribution >= 0.6 is 15.9 Å². The Hall–Kier alpha value is -2.93. The number of urea groups is 1. The third-order valence-corrected chi connectivity index (χ3v) is 7.41. The highest BCUT2D eigenvalue weighted by atomic mass is 79.9. The number of nitrogens with one attached hydrogen (secondary N) is 1. The number of hydrogen-bond donors (Lipinski definition) is 1. The van der Waals surface area contributed by atoms with Gasteiger partial charge in [-0.1, -0.05) is 40.2 Å². The van der Waals surface area contributed by atoms with E-state index in [0.717, 1.165) is 4.47 Å². The van der Waals surface area contributed by atoms with Crippen LogP contribution in [0.15, 0.2) is 53.0 Å². The molecule has 2 aromatic carbocycles. The summed E-state index contributed by atoms with van der Waals surface area (Å²) < 4.78 is 61.1. The van der Waals surface area contributed by atoms with Crippen LogP contribution in [0.5, 0.6) is 0 Å². The first-order chi connectivity index (χ1) is 16.4. The molecule has 0 unspecified atom stereocenters. The molecule has 35 heavy (non-hydrogen) atoms. The third-order valence-electron chi connectivity index (χ3n) is 5.27. The highest BCUT2D eigenvalue weighted by Gasteiger charge is 2.38. The number of rotatable bonds is 6. The predicted molar refractivity (Wildman–Crippen MR) is 126 cm³/mol. The van der Waals surface area contributed by atoms with Crippen molar-refractivity contribution in [2.75, 3.05) is 36.0 Å². The molecule has 8 nitrogen and oxygen atoms in total. The van der Waals surface area contributed by atoms with E-state index in [1.54, 1.807) is 36.4 Å². The fourth-order valence-corrected chi connectivity index (χ4v) is 4.77. The third kappa shape index (κ3) is 7.28. The molecule has 0 saturated carbocycles. The molecule has 0 bridgehead atoms. The maximum absolute atomic E-state index is 13.3. The smallest absolute Gasteiger partial charge is 0.341 e. The molecule has 188 valence electrons. The van der Waals surface area contributed by atoms with Crippen LogP contribution in [-0.4, -0.2) is 68.4 Å². The number of carbonyl (C=O) groups excluding carboxylic acids is 3. The summed E-state index contributed by atoms with van der Waals surface area (Å²) in [6.45, 7) is -0.557. The van der Waals surface area contributed by atoms with E-state index in [1.165, 1.54) is 27.2 Å². The van der Waals surface area contributed by atoms with E-state index in [4.69, 9.17) is 0 Å². The monoisotopic (exact) mass is 575 g/mol. The number of alkyl halides is 3. The average Bonchev–Trinajstić information content (AvgIpc) is 2.81. The molecule has 1 saturated heterocycles. The van der Waals surface area contributed by atoms with Gasteiger partial charge in [-0.3, -0.25) is 14.5 Å². The van der Waals surface area contributed by atoms with E-state index in [0.29, 0.717) is 11.3 Å². The summed E-state index contributed by atoms with van der Waals surface area (Å²) in [6.07, 6.45) is -5.08. The van der Waals surface area contributed by atoms with Crippen LogP contribution in [0.2, 0.25) is 0 Å². The largest absolute Gasteiger partial charge is 0.471 e. The minimum Gasteiger partial charge on any atom is -0.341 e. The van der Waals surface area contributed by atoms with Gasteiger partial charge in [0.25, 0.3) is 0 Å². The normalized spacial score (nSPS) is 15.4. The van der Waals surface area contributed by atoms with Crippen LogP contribution in [0.25, 0.3) is 0 Å². The lowest BCUT2D eigenvalue weighted by molar-refractivity contribution is -0.173. The van der Waals surface area contributed by atoms with Gasteiger partial charge < -0.3 is 10.2 Å². The zero-order chi connectivity index (χ0) is 25.8. The summed E-state index contributed by atoms with van der Waals surface area (Å²) in [5, 5.41) is 1.53. The first-order valence-corrected chi connectivity index (χ1v) is 13.0. The van der Waals surface area contributed by atoms with Gasteiger partial charge in [-0.05, 0) is 29.8 Å². The van der Waals surface area contributed by atoms with Gasteiger partial charge in [0.2, 0.25) is 0 Å². The second kappa shape index (κ2) is 10.8. The summed E-state index contributed by atoms with van der Waals surface area (Å²) >= 11 is 3.34. The van der Waals surface area contributed by atoms with Gasteiger partial charge in [-0.15, -0.1) is 0 Å². The number of Topliss-reactive ketones (excluding diaryl/α,β-unsaturated/α-hetero) is 1. The number of anilines is 1. The summed E-state index contributed by atoms with van der Waals surface area (Å²) in [6, 6.07) is 12.5. The van der Waals surface area contributed by atoms with Crippen molar-refractivity contribution in [3.8, 4) is 0 Å². The minimum atomic E-state index is -5.08. The molecule has 0 spiro atoms. The number of amides is 3. The van der Waals surface area contributed by atoms with Crippen molar-refractivity contribution in [1.82, 2.24) is 10.2 Å². The molecule has 1 aliphatic heterocycles. The zero-order valence-electron chi connectivity index (χ0n) is 18.2. The molecule has 3 amide bonds. The highest BCUT2D eigenvalue weighted by molar-refractivity contribution is 9.10. The Bertz CT molecular complexity index is 1190. The van der Waals surface area contributed by atoms with Crippen molar-refractivity contribution >= 4 is 49.2 Å². The first-order valence-electron chi connectivity index (χ1n) is 10.4. The Kier molecular flexibility index (Phi) is 8.21. The molecule has 1 heterocycles. The van der Waals surface area contributed by atoms with Crippen molar-refractivity contribution in [3.63, 3.8) is 0 Å². The Morgan fingerprint density at radius 1 is 0.971 bits per heavy atom. The first kappa shape index (κ1) is 26.7. The lowest BCUT2D eigenvalue weighted by Crippen LogP contribution is -2.49. The summed E-state index contributed by atoms with van der Waals surface area (Å²) in [5.74, 6) is -3.13. The van der Waals surface area contributed by atoms with Gasteiger partial charge >= 0.3 is 18.1 Å². The number of halogens is 4. The molecule has 0 aromatic heterocycles. The van der Waals surface area contributed by atoms with E-state index < -0.39 is 34.2 Å². The van der Waals surface area contributed by atoms with Crippen LogP contribution in [0, 0.1) is 0 Å². The van der Waals surface area contributed by atoms with E-state index in [1.807, 2.05) is 0 Å². The Morgan fingerprint density at radius 2 is 1.54 bits per heavy atom. The van der Waals surface area contributed by atoms with Crippen LogP contribution < -0.4 is 10.2 Å². The van der Waals surface area contributed by atoms with Crippen LogP contribution in [0.3, 0.4) is 0 Å². The van der Waals surface area contributed by atoms with E-state index in [2.05, 4.69) is 15.9 Å². The van der Waals surface area contributed by atoms with Crippen molar-refractivity contribution in [2.24, 2.45) is 0 Å². The number of carbonyl (C=O) groups is 3. The van der Waals surface area contributed by atoms with Gasteiger partial charge in [-0.25, -0.2) is 13.2 Å². The van der Waals surface area contributed by atoms with Crippen LogP contribution in [0.1, 0.15) is 15.9 Å². The van der Waals surface area contributed by atoms with Gasteiger partial charge in [0.05, 0.1) is 24.6 Å². The maximum atomic E-state index is 13.3. The average molecular weight is 576 g/mol. The molecule has 1 fully saturated rings. The Morgan fingerprint density at radius 3 is 2.09 bits per heavy atom. The van der Waals surface area contributed by atoms with Crippen molar-refractivity contribution in [1.29, 1.82) is 0 Å². The van der Waals surface area contributed by atoms with Crippen molar-refractivity contribution in [3.05, 3.63) is 64.1 Å². The number of benzene rings is 2. The highest BCUT2D eigenvalue weighted by Crippen LogP contribution is 2.23. The zero-order valence-corrected chi connectivity index (χ0v) is 20.6. The van der Waals surface area contributed by atoms with Gasteiger partial charge in [0.15, 0.2) is 15.6 Å². The SMILES string of the molecule is O=C(CNC(=O)C(F)(F)F)c1ccc(CN(C(=O)N2CCS(=O)(=O)CC2)c2ccc(Br)cc2)cc1. The molecule has 0 atom stereocenters. The molecule has 13 heteroatoms. The predicted octanol–water partition coefficient (Wildman–Crippen LogP) is 3.17. The topological polar surface area (TPSA) is 104 Å². The van der Waals surface area contributed by atoms with Crippen molar-refractivity contribution in [2.45, 2.75) is 12.7 Å². The quantitative estimate of drug-likeness (QED) is 0.533. The van der Waals surface area contributed by atoms with Crippen molar-refractivity contribution < 1.29 is 36.0 Å². The van der Waals surface area contributed by atoms with Crippen LogP contribution in [-0.2, 0) is 21.2 Å². The molecule has 1 aliphatic rings. The fourth-order valence-electron chi connectivity index (χ4n) is 3.31. The summed E-state index contributed by atoms with van der Waals surface area (Å²) in [7, 11) is -3.17. The summed E-state index contributed by atoms with van der Waals surface area (Å²) in [4.78, 5) is 39.2. The van der Waals surface area contributed by atoms with E-state index in [-0.39, 0.29) is 42.7 Å². The van der Waals surface area contributed by atoms with Gasteiger partial charge in [0, 0.05) is 28.8 Å². The molecule has 0 aliphatic carbocycles. The van der Waals surface area contributed by atoms with E-state index >= 15 is 0 Å². The molecular weight excluding hydrogens is 555 g/mol. The Balaban J connectivity index is 1.74. The fraction of sp³-hybridized carbons (Fsp3) is 0.318. The number of sulfone groups is 1. The van der Waals surface area contributed by atoms with E-state index in [9.17, 15) is 36.0 Å². The molecule has 2 aromatic rings.